The van der Waals surface area contributed by atoms with Gasteiger partial charge in [-0.25, -0.2) is 4.39 Å². The van der Waals surface area contributed by atoms with Crippen LogP contribution >= 0.6 is 0 Å². The Bertz CT molecular complexity index is 813. The van der Waals surface area contributed by atoms with Crippen molar-refractivity contribution in [3.63, 3.8) is 0 Å². The van der Waals surface area contributed by atoms with E-state index in [1.807, 2.05) is 13.0 Å². The Hall–Kier alpha value is -2.40. The Morgan fingerprint density at radius 1 is 1.24 bits per heavy atom. The summed E-state index contributed by atoms with van der Waals surface area (Å²) in [5, 5.41) is 0. The lowest BCUT2D eigenvalue weighted by Gasteiger charge is -2.26. The fourth-order valence-electron chi connectivity index (χ4n) is 3.57. The molecule has 156 valence electrons. The first-order valence-corrected chi connectivity index (χ1v) is 10.3. The molecule has 4 nitrogen and oxygen atoms in total. The van der Waals surface area contributed by atoms with Crippen LogP contribution < -0.4 is 4.74 Å². The maximum atomic E-state index is 13.2. The van der Waals surface area contributed by atoms with E-state index >= 15 is 0 Å². The summed E-state index contributed by atoms with van der Waals surface area (Å²) in [6.07, 6.45) is 2.01. The molecule has 1 fully saturated rings. The molecule has 0 aromatic heterocycles. The largest absolute Gasteiger partial charge is 0.483 e. The molecular weight excluding hydrogens is 369 g/mol. The van der Waals surface area contributed by atoms with E-state index in [0.717, 1.165) is 41.9 Å². The molecule has 0 aliphatic carbocycles. The van der Waals surface area contributed by atoms with Crippen LogP contribution in [0, 0.1) is 12.7 Å². The minimum Gasteiger partial charge on any atom is -0.483 e. The lowest BCUT2D eigenvalue weighted by molar-refractivity contribution is -0.135. The number of hydrogen-bond acceptors (Lipinski definition) is 3. The van der Waals surface area contributed by atoms with E-state index in [9.17, 15) is 9.18 Å². The number of aryl methyl sites for hydroxylation is 1. The van der Waals surface area contributed by atoms with Crippen LogP contribution in [0.4, 0.5) is 4.39 Å². The summed E-state index contributed by atoms with van der Waals surface area (Å²) in [6.45, 7) is 7.86. The molecule has 0 spiro atoms. The summed E-state index contributed by atoms with van der Waals surface area (Å²) < 4.78 is 24.9. The molecule has 2 aromatic carbocycles. The standard InChI is InChI=1S/C24H30FNO3/c1-17(2)22-11-6-18(3)13-23(22)29-16-24(27)26(15-21-5-4-12-28-21)14-19-7-9-20(25)10-8-19/h6-11,13,17,21H,4-5,12,14-16H2,1-3H3. The van der Waals surface area contributed by atoms with Gasteiger partial charge in [0.15, 0.2) is 6.61 Å². The summed E-state index contributed by atoms with van der Waals surface area (Å²) in [7, 11) is 0. The zero-order valence-corrected chi connectivity index (χ0v) is 17.5. The third-order valence-corrected chi connectivity index (χ3v) is 5.23. The fraction of sp³-hybridized carbons (Fsp3) is 0.458. The lowest BCUT2D eigenvalue weighted by Crippen LogP contribution is -2.39. The van der Waals surface area contributed by atoms with Gasteiger partial charge in [-0.3, -0.25) is 4.79 Å². The topological polar surface area (TPSA) is 38.8 Å². The SMILES string of the molecule is Cc1ccc(C(C)C)c(OCC(=O)N(Cc2ccc(F)cc2)CC2CCCO2)c1. The van der Waals surface area contributed by atoms with Gasteiger partial charge in [-0.2, -0.15) is 0 Å². The Balaban J connectivity index is 1.70. The van der Waals surface area contributed by atoms with Gasteiger partial charge in [-0.05, 0) is 60.6 Å². The number of carbonyl (C=O) groups is 1. The average Bonchev–Trinajstić information content (AvgIpc) is 3.20. The number of carbonyl (C=O) groups excluding carboxylic acids is 1. The predicted molar refractivity (Wildman–Crippen MR) is 112 cm³/mol. The van der Waals surface area contributed by atoms with Crippen molar-refractivity contribution in [2.24, 2.45) is 0 Å². The van der Waals surface area contributed by atoms with Crippen LogP contribution in [0.1, 0.15) is 49.3 Å². The minimum absolute atomic E-state index is 0.0307. The molecule has 1 amide bonds. The highest BCUT2D eigenvalue weighted by Gasteiger charge is 2.23. The highest BCUT2D eigenvalue weighted by atomic mass is 19.1. The first kappa shape index (κ1) is 21.3. The highest BCUT2D eigenvalue weighted by Crippen LogP contribution is 2.27. The van der Waals surface area contributed by atoms with Crippen LogP contribution in [0.25, 0.3) is 0 Å². The first-order valence-electron chi connectivity index (χ1n) is 10.3. The Labute approximate surface area is 172 Å². The van der Waals surface area contributed by atoms with Crippen LogP contribution in [0.5, 0.6) is 5.75 Å². The van der Waals surface area contributed by atoms with E-state index in [2.05, 4.69) is 26.0 Å². The van der Waals surface area contributed by atoms with Gasteiger partial charge in [0.25, 0.3) is 5.91 Å². The second kappa shape index (κ2) is 9.88. The highest BCUT2D eigenvalue weighted by molar-refractivity contribution is 5.78. The summed E-state index contributed by atoms with van der Waals surface area (Å²) in [6, 6.07) is 12.4. The molecule has 1 heterocycles. The fourth-order valence-corrected chi connectivity index (χ4v) is 3.57. The van der Waals surface area contributed by atoms with Crippen molar-refractivity contribution >= 4 is 5.91 Å². The first-order chi connectivity index (χ1) is 13.9. The molecule has 0 radical (unpaired) electrons. The van der Waals surface area contributed by atoms with Crippen LogP contribution in [0.2, 0.25) is 0 Å². The number of ether oxygens (including phenoxy) is 2. The summed E-state index contributed by atoms with van der Waals surface area (Å²) in [5.74, 6) is 0.686. The number of hydrogen-bond donors (Lipinski definition) is 0. The monoisotopic (exact) mass is 399 g/mol. The number of nitrogens with zero attached hydrogens (tertiary/aromatic N) is 1. The molecule has 2 aromatic rings. The van der Waals surface area contributed by atoms with Crippen molar-refractivity contribution in [2.45, 2.75) is 52.2 Å². The molecule has 1 aliphatic rings. The van der Waals surface area contributed by atoms with Gasteiger partial charge in [0.1, 0.15) is 11.6 Å². The third kappa shape index (κ3) is 6.04. The molecule has 1 atom stereocenters. The van der Waals surface area contributed by atoms with Gasteiger partial charge in [-0.1, -0.05) is 38.1 Å². The van der Waals surface area contributed by atoms with E-state index in [1.165, 1.54) is 12.1 Å². The summed E-state index contributed by atoms with van der Waals surface area (Å²) in [4.78, 5) is 14.8. The van der Waals surface area contributed by atoms with Gasteiger partial charge < -0.3 is 14.4 Å². The molecule has 5 heteroatoms. The van der Waals surface area contributed by atoms with E-state index in [4.69, 9.17) is 9.47 Å². The van der Waals surface area contributed by atoms with Crippen molar-refractivity contribution < 1.29 is 18.7 Å². The molecule has 0 bridgehead atoms. The van der Waals surface area contributed by atoms with Crippen LogP contribution in [0.3, 0.4) is 0 Å². The Morgan fingerprint density at radius 2 is 2.00 bits per heavy atom. The number of amides is 1. The number of benzene rings is 2. The Kier molecular flexibility index (Phi) is 7.26. The smallest absolute Gasteiger partial charge is 0.260 e. The van der Waals surface area contributed by atoms with Crippen LogP contribution in [0.15, 0.2) is 42.5 Å². The van der Waals surface area contributed by atoms with Gasteiger partial charge >= 0.3 is 0 Å². The summed E-state index contributed by atoms with van der Waals surface area (Å²) in [5.41, 5.74) is 3.07. The summed E-state index contributed by atoms with van der Waals surface area (Å²) >= 11 is 0. The molecule has 0 N–H and O–H groups in total. The van der Waals surface area contributed by atoms with Gasteiger partial charge in [0, 0.05) is 19.7 Å². The second-order valence-electron chi connectivity index (χ2n) is 8.02. The molecule has 1 saturated heterocycles. The molecule has 3 rings (SSSR count). The van der Waals surface area contributed by atoms with E-state index < -0.39 is 0 Å². The molecule has 1 unspecified atom stereocenters. The lowest BCUT2D eigenvalue weighted by atomic mass is 10.0. The van der Waals surface area contributed by atoms with E-state index in [1.54, 1.807) is 17.0 Å². The van der Waals surface area contributed by atoms with Crippen molar-refractivity contribution in [3.8, 4) is 5.75 Å². The van der Waals surface area contributed by atoms with Crippen LogP contribution in [-0.2, 0) is 16.1 Å². The maximum Gasteiger partial charge on any atom is 0.260 e. The number of halogens is 1. The van der Waals surface area contributed by atoms with Gasteiger partial charge in [0.2, 0.25) is 0 Å². The van der Waals surface area contributed by atoms with Crippen LogP contribution in [-0.4, -0.2) is 36.7 Å². The molecular formula is C24H30FNO3. The minimum atomic E-state index is -0.283. The van der Waals surface area contributed by atoms with Gasteiger partial charge in [-0.15, -0.1) is 0 Å². The van der Waals surface area contributed by atoms with Gasteiger partial charge in [0.05, 0.1) is 6.10 Å². The Morgan fingerprint density at radius 3 is 2.66 bits per heavy atom. The zero-order valence-electron chi connectivity index (χ0n) is 17.5. The molecule has 1 aliphatic heterocycles. The second-order valence-corrected chi connectivity index (χ2v) is 8.02. The molecule has 29 heavy (non-hydrogen) atoms. The predicted octanol–water partition coefficient (Wildman–Crippen LogP) is 4.84. The quantitative estimate of drug-likeness (QED) is 0.637. The van der Waals surface area contributed by atoms with Crippen molar-refractivity contribution in [1.29, 1.82) is 0 Å². The normalized spacial score (nSPS) is 16.2. The van der Waals surface area contributed by atoms with Crippen molar-refractivity contribution in [3.05, 3.63) is 65.0 Å². The van der Waals surface area contributed by atoms with Crippen molar-refractivity contribution in [1.82, 2.24) is 4.90 Å². The zero-order chi connectivity index (χ0) is 20.8. The van der Waals surface area contributed by atoms with E-state index in [-0.39, 0.29) is 24.4 Å². The number of rotatable bonds is 8. The maximum absolute atomic E-state index is 13.2. The average molecular weight is 400 g/mol. The van der Waals surface area contributed by atoms with E-state index in [0.29, 0.717) is 19.0 Å². The van der Waals surface area contributed by atoms with Crippen molar-refractivity contribution in [2.75, 3.05) is 19.8 Å². The third-order valence-electron chi connectivity index (χ3n) is 5.23. The molecule has 0 saturated carbocycles.